The number of nitrogens with two attached hydrogens (primary N) is 1. The van der Waals surface area contributed by atoms with Crippen molar-refractivity contribution in [2.24, 2.45) is 5.73 Å². The molecule has 0 fully saturated rings. The third-order valence-corrected chi connectivity index (χ3v) is 4.09. The molecule has 0 spiro atoms. The first-order valence-corrected chi connectivity index (χ1v) is 7.65. The smallest absolute Gasteiger partial charge is 0.119 e. The summed E-state index contributed by atoms with van der Waals surface area (Å²) in [7, 11) is 3.72. The lowest BCUT2D eigenvalue weighted by Crippen LogP contribution is -2.17. The number of methoxy groups -OCH3 is 1. The van der Waals surface area contributed by atoms with Gasteiger partial charge in [0.15, 0.2) is 0 Å². The zero-order valence-electron chi connectivity index (χ0n) is 12.0. The van der Waals surface area contributed by atoms with Gasteiger partial charge in [-0.3, -0.25) is 0 Å². The summed E-state index contributed by atoms with van der Waals surface area (Å²) in [6, 6.07) is 14.0. The number of hydrogen-bond acceptors (Lipinski definition) is 3. The number of nitrogens with zero attached hydrogens (tertiary/aromatic N) is 1. The van der Waals surface area contributed by atoms with E-state index < -0.39 is 0 Å². The molecule has 0 saturated carbocycles. The third-order valence-electron chi connectivity index (χ3n) is 3.21. The molecular weight excluding hydrogens is 348 g/mol. The van der Waals surface area contributed by atoms with Crippen LogP contribution in [0.25, 0.3) is 0 Å². The summed E-state index contributed by atoms with van der Waals surface area (Å²) in [5.41, 5.74) is 8.79. The van der Waals surface area contributed by atoms with Gasteiger partial charge in [-0.05, 0) is 51.8 Å². The van der Waals surface area contributed by atoms with Gasteiger partial charge in [-0.25, -0.2) is 0 Å². The molecule has 0 heterocycles. The van der Waals surface area contributed by atoms with E-state index in [2.05, 4.69) is 26.9 Å². The fraction of sp³-hybridized carbons (Fsp3) is 0.188. The number of anilines is 1. The molecule has 0 aliphatic rings. The SMILES string of the molecule is COc1cccc(CN(C)c2ccc(C(N)=S)c(Br)c2)c1. The first kappa shape index (κ1) is 15.8. The van der Waals surface area contributed by atoms with Crippen LogP contribution in [0.3, 0.4) is 0 Å². The number of ether oxygens (including phenoxy) is 1. The molecule has 2 rings (SSSR count). The molecule has 2 aromatic rings. The van der Waals surface area contributed by atoms with Crippen LogP contribution in [0.2, 0.25) is 0 Å². The largest absolute Gasteiger partial charge is 0.497 e. The monoisotopic (exact) mass is 364 g/mol. The second kappa shape index (κ2) is 6.91. The van der Waals surface area contributed by atoms with Crippen LogP contribution >= 0.6 is 28.1 Å². The van der Waals surface area contributed by atoms with Crippen molar-refractivity contribution in [2.45, 2.75) is 6.54 Å². The van der Waals surface area contributed by atoms with Crippen molar-refractivity contribution >= 4 is 38.8 Å². The highest BCUT2D eigenvalue weighted by molar-refractivity contribution is 9.10. The molecule has 0 saturated heterocycles. The molecule has 0 aliphatic carbocycles. The summed E-state index contributed by atoms with van der Waals surface area (Å²) in [6.45, 7) is 0.788. The van der Waals surface area contributed by atoms with E-state index in [1.807, 2.05) is 43.4 Å². The minimum absolute atomic E-state index is 0.392. The number of thiocarbonyl (C=S) groups is 1. The number of benzene rings is 2. The molecule has 21 heavy (non-hydrogen) atoms. The number of hydrogen-bond donors (Lipinski definition) is 1. The lowest BCUT2D eigenvalue weighted by molar-refractivity contribution is 0.414. The Kier molecular flexibility index (Phi) is 5.20. The Hall–Kier alpha value is -1.59. The summed E-state index contributed by atoms with van der Waals surface area (Å²) in [4.78, 5) is 2.55. The van der Waals surface area contributed by atoms with Crippen LogP contribution in [-0.4, -0.2) is 19.1 Å². The van der Waals surface area contributed by atoms with E-state index in [0.717, 1.165) is 28.0 Å². The summed E-state index contributed by atoms with van der Waals surface area (Å²) in [5.74, 6) is 0.867. The summed E-state index contributed by atoms with van der Waals surface area (Å²) in [6.07, 6.45) is 0. The van der Waals surface area contributed by atoms with E-state index in [1.54, 1.807) is 7.11 Å². The molecular formula is C16H17BrN2OS. The zero-order chi connectivity index (χ0) is 15.4. The van der Waals surface area contributed by atoms with Crippen molar-refractivity contribution in [2.75, 3.05) is 19.1 Å². The Morgan fingerprint density at radius 1 is 1.29 bits per heavy atom. The van der Waals surface area contributed by atoms with Gasteiger partial charge in [0.1, 0.15) is 10.7 Å². The Morgan fingerprint density at radius 2 is 2.05 bits per heavy atom. The Morgan fingerprint density at radius 3 is 2.67 bits per heavy atom. The highest BCUT2D eigenvalue weighted by atomic mass is 79.9. The van der Waals surface area contributed by atoms with Gasteiger partial charge in [0.05, 0.1) is 7.11 Å². The minimum Gasteiger partial charge on any atom is -0.497 e. The first-order valence-electron chi connectivity index (χ1n) is 6.44. The average molecular weight is 365 g/mol. The lowest BCUT2D eigenvalue weighted by Gasteiger charge is -2.20. The van der Waals surface area contributed by atoms with Crippen LogP contribution < -0.4 is 15.4 Å². The fourth-order valence-electron chi connectivity index (χ4n) is 2.08. The van der Waals surface area contributed by atoms with Gasteiger partial charge in [-0.2, -0.15) is 0 Å². The maximum Gasteiger partial charge on any atom is 0.119 e. The molecule has 0 aliphatic heterocycles. The van der Waals surface area contributed by atoms with Crippen LogP contribution in [0.5, 0.6) is 5.75 Å². The highest BCUT2D eigenvalue weighted by Gasteiger charge is 2.08. The Balaban J connectivity index is 2.18. The van der Waals surface area contributed by atoms with Gasteiger partial charge in [0.2, 0.25) is 0 Å². The minimum atomic E-state index is 0.392. The van der Waals surface area contributed by atoms with Crippen LogP contribution in [0.15, 0.2) is 46.9 Å². The zero-order valence-corrected chi connectivity index (χ0v) is 14.4. The molecule has 0 aromatic heterocycles. The van der Waals surface area contributed by atoms with Crippen molar-refractivity contribution in [3.8, 4) is 5.75 Å². The average Bonchev–Trinajstić information content (AvgIpc) is 2.46. The highest BCUT2D eigenvalue weighted by Crippen LogP contribution is 2.25. The number of halogens is 1. The second-order valence-corrected chi connectivity index (χ2v) is 6.03. The van der Waals surface area contributed by atoms with Crippen molar-refractivity contribution in [1.82, 2.24) is 0 Å². The molecule has 110 valence electrons. The van der Waals surface area contributed by atoms with Gasteiger partial charge >= 0.3 is 0 Å². The van der Waals surface area contributed by atoms with Gasteiger partial charge in [0, 0.05) is 29.3 Å². The van der Waals surface area contributed by atoms with Crippen LogP contribution in [0.1, 0.15) is 11.1 Å². The Bertz CT molecular complexity index is 660. The molecule has 0 atom stereocenters. The van der Waals surface area contributed by atoms with E-state index >= 15 is 0 Å². The molecule has 0 unspecified atom stereocenters. The van der Waals surface area contributed by atoms with Gasteiger partial charge in [-0.15, -0.1) is 0 Å². The van der Waals surface area contributed by atoms with Gasteiger partial charge in [0.25, 0.3) is 0 Å². The molecule has 3 nitrogen and oxygen atoms in total. The van der Waals surface area contributed by atoms with Crippen molar-refractivity contribution in [3.63, 3.8) is 0 Å². The predicted octanol–water partition coefficient (Wildman–Crippen LogP) is 3.73. The predicted molar refractivity (Wildman–Crippen MR) is 95.1 cm³/mol. The quantitative estimate of drug-likeness (QED) is 0.820. The summed E-state index contributed by atoms with van der Waals surface area (Å²) >= 11 is 8.52. The molecule has 2 aromatic carbocycles. The molecule has 5 heteroatoms. The second-order valence-electron chi connectivity index (χ2n) is 4.74. The number of rotatable bonds is 5. The molecule has 0 bridgehead atoms. The van der Waals surface area contributed by atoms with E-state index in [9.17, 15) is 0 Å². The van der Waals surface area contributed by atoms with Crippen LogP contribution in [0.4, 0.5) is 5.69 Å². The lowest BCUT2D eigenvalue weighted by atomic mass is 10.1. The fourth-order valence-corrected chi connectivity index (χ4v) is 2.97. The van der Waals surface area contributed by atoms with Crippen molar-refractivity contribution in [1.29, 1.82) is 0 Å². The van der Waals surface area contributed by atoms with Crippen molar-refractivity contribution in [3.05, 3.63) is 58.1 Å². The third kappa shape index (κ3) is 3.95. The normalized spacial score (nSPS) is 10.2. The van der Waals surface area contributed by atoms with Crippen LogP contribution in [0, 0.1) is 0 Å². The van der Waals surface area contributed by atoms with E-state index in [-0.39, 0.29) is 0 Å². The van der Waals surface area contributed by atoms with E-state index in [0.29, 0.717) is 4.99 Å². The topological polar surface area (TPSA) is 38.5 Å². The van der Waals surface area contributed by atoms with Crippen molar-refractivity contribution < 1.29 is 4.74 Å². The Labute approximate surface area is 138 Å². The maximum absolute atomic E-state index is 5.67. The van der Waals surface area contributed by atoms with Gasteiger partial charge in [-0.1, -0.05) is 24.4 Å². The van der Waals surface area contributed by atoms with E-state index in [4.69, 9.17) is 22.7 Å². The van der Waals surface area contributed by atoms with Gasteiger partial charge < -0.3 is 15.4 Å². The maximum atomic E-state index is 5.67. The molecule has 0 radical (unpaired) electrons. The van der Waals surface area contributed by atoms with Crippen LogP contribution in [-0.2, 0) is 6.54 Å². The first-order chi connectivity index (χ1) is 10.0. The molecule has 2 N–H and O–H groups in total. The summed E-state index contributed by atoms with van der Waals surface area (Å²) < 4.78 is 6.16. The standard InChI is InChI=1S/C16H17BrN2OS/c1-19(10-11-4-3-5-13(8-11)20-2)12-6-7-14(16(18)21)15(17)9-12/h3-9H,10H2,1-2H3,(H2,18,21). The molecule has 0 amide bonds. The van der Waals surface area contributed by atoms with E-state index in [1.165, 1.54) is 5.56 Å². The summed E-state index contributed by atoms with van der Waals surface area (Å²) in [5, 5.41) is 0.